The Hall–Kier alpha value is -3.92. The normalized spacial score (nSPS) is 22.3. The molecule has 41 heavy (non-hydrogen) atoms. The second-order valence-corrected chi connectivity index (χ2v) is 13.1. The molecule has 1 aliphatic carbocycles. The van der Waals surface area contributed by atoms with Crippen LogP contribution in [0.1, 0.15) is 55.9 Å². The third-order valence-electron chi connectivity index (χ3n) is 8.28. The molecule has 2 atom stereocenters. The average molecular weight is 577 g/mol. The molecule has 2 aliphatic heterocycles. The molecule has 214 valence electrons. The first kappa shape index (κ1) is 27.3. The molecule has 1 spiro atoms. The number of nitrogens with one attached hydrogen (secondary N) is 4. The van der Waals surface area contributed by atoms with Crippen LogP contribution in [0.15, 0.2) is 30.5 Å². The molecule has 6 rings (SSSR count). The van der Waals surface area contributed by atoms with Crippen LogP contribution in [0.2, 0.25) is 5.02 Å². The summed E-state index contributed by atoms with van der Waals surface area (Å²) >= 11 is 6.55. The molecule has 11 heteroatoms. The molecule has 0 radical (unpaired) electrons. The number of halogens is 1. The highest BCUT2D eigenvalue weighted by Gasteiger charge is 2.47. The van der Waals surface area contributed by atoms with Gasteiger partial charge in [0.25, 0.3) is 5.91 Å². The predicted octanol–water partition coefficient (Wildman–Crippen LogP) is 3.86. The predicted molar refractivity (Wildman–Crippen MR) is 154 cm³/mol. The summed E-state index contributed by atoms with van der Waals surface area (Å²) in [5, 5.41) is 16.7. The van der Waals surface area contributed by atoms with Crippen molar-refractivity contribution in [3.05, 3.63) is 57.7 Å². The fourth-order valence-electron chi connectivity index (χ4n) is 6.43. The highest BCUT2D eigenvalue weighted by Crippen LogP contribution is 2.36. The molecule has 1 fully saturated rings. The summed E-state index contributed by atoms with van der Waals surface area (Å²) in [6.07, 6.45) is 3.67. The summed E-state index contributed by atoms with van der Waals surface area (Å²) in [5.41, 5.74) is 4.31. The second kappa shape index (κ2) is 9.87. The minimum Gasteiger partial charge on any atom is -0.338 e. The van der Waals surface area contributed by atoms with Gasteiger partial charge in [0.1, 0.15) is 5.54 Å². The number of imide groups is 1. The Morgan fingerprint density at radius 2 is 1.98 bits per heavy atom. The molecular formula is C30H33ClN6O4. The largest absolute Gasteiger partial charge is 0.338 e. The van der Waals surface area contributed by atoms with Gasteiger partial charge < -0.3 is 15.5 Å². The van der Waals surface area contributed by atoms with Crippen molar-refractivity contribution in [1.82, 2.24) is 25.7 Å². The lowest BCUT2D eigenvalue weighted by Crippen LogP contribution is -2.51. The van der Waals surface area contributed by atoms with Crippen molar-refractivity contribution in [2.75, 3.05) is 11.9 Å². The number of hydrogen-bond donors (Lipinski definition) is 4. The number of H-pyrrole nitrogens is 1. The molecule has 5 amide bonds. The number of carbonyl (C=O) groups excluding carboxylic acids is 4. The number of fused-ring (bicyclic) bond motifs is 4. The maximum Gasteiger partial charge on any atom is 0.322 e. The van der Waals surface area contributed by atoms with Gasteiger partial charge in [0.05, 0.1) is 22.7 Å². The summed E-state index contributed by atoms with van der Waals surface area (Å²) in [5.74, 6) is -1.13. The van der Waals surface area contributed by atoms with Gasteiger partial charge in [0.15, 0.2) is 0 Å². The Morgan fingerprint density at radius 1 is 1.17 bits per heavy atom. The molecule has 3 aromatic rings. The number of aryl methyl sites for hydroxylation is 1. The highest BCUT2D eigenvalue weighted by molar-refractivity contribution is 6.35. The van der Waals surface area contributed by atoms with Crippen LogP contribution >= 0.6 is 11.6 Å². The van der Waals surface area contributed by atoms with E-state index in [4.69, 9.17) is 11.6 Å². The van der Waals surface area contributed by atoms with Gasteiger partial charge in [-0.05, 0) is 65.1 Å². The van der Waals surface area contributed by atoms with Crippen molar-refractivity contribution >= 4 is 51.9 Å². The molecule has 10 nitrogen and oxygen atoms in total. The smallest absolute Gasteiger partial charge is 0.322 e. The molecule has 1 saturated heterocycles. The van der Waals surface area contributed by atoms with E-state index in [0.29, 0.717) is 49.5 Å². The van der Waals surface area contributed by atoms with Crippen LogP contribution in [0.3, 0.4) is 0 Å². The van der Waals surface area contributed by atoms with Crippen molar-refractivity contribution in [2.24, 2.45) is 11.3 Å². The SMILES string of the molecule is CC(C)(C)CN1Cc2c(cc(Cl)c3[nH]ncc23)C[C@@H](CC(=O)Nc2ccc3c(c2)CCC2(C3)NC(=O)NC2=O)C1=O. The molecule has 0 bridgehead atoms. The maximum absolute atomic E-state index is 13.8. The topological polar surface area (TPSA) is 136 Å². The quantitative estimate of drug-likeness (QED) is 0.350. The van der Waals surface area contributed by atoms with Crippen LogP contribution in [0, 0.1) is 11.3 Å². The summed E-state index contributed by atoms with van der Waals surface area (Å²) < 4.78 is 0. The summed E-state index contributed by atoms with van der Waals surface area (Å²) in [7, 11) is 0. The van der Waals surface area contributed by atoms with Crippen LogP contribution in [-0.2, 0) is 40.2 Å². The van der Waals surface area contributed by atoms with E-state index in [-0.39, 0.29) is 29.6 Å². The zero-order valence-electron chi connectivity index (χ0n) is 23.3. The van der Waals surface area contributed by atoms with Crippen LogP contribution in [-0.4, -0.2) is 50.9 Å². The summed E-state index contributed by atoms with van der Waals surface area (Å²) in [6, 6.07) is 7.03. The fraction of sp³-hybridized carbons (Fsp3) is 0.433. The Balaban J connectivity index is 1.21. The lowest BCUT2D eigenvalue weighted by Gasteiger charge is -2.32. The van der Waals surface area contributed by atoms with E-state index < -0.39 is 17.5 Å². The first-order valence-electron chi connectivity index (χ1n) is 13.9. The number of carbonyl (C=O) groups is 4. The monoisotopic (exact) mass is 576 g/mol. The molecule has 0 saturated carbocycles. The summed E-state index contributed by atoms with van der Waals surface area (Å²) in [4.78, 5) is 53.1. The molecule has 1 unspecified atom stereocenters. The first-order valence-corrected chi connectivity index (χ1v) is 14.3. The lowest BCUT2D eigenvalue weighted by atomic mass is 9.78. The minimum absolute atomic E-state index is 0.0341. The zero-order chi connectivity index (χ0) is 29.1. The fourth-order valence-corrected chi connectivity index (χ4v) is 6.71. The standard InChI is InChI=1S/C30H33ClN6O4/c1-29(2,3)15-37-14-22-18(10-23(31)25-21(22)13-32-36-25)8-19(26(37)39)11-24(38)33-20-5-4-17-12-30(7-6-16(17)9-20)27(40)34-28(41)35-30/h4-5,9-10,13,19H,6-8,11-12,14-15H2,1-3H3,(H,32,36)(H,33,38)(H2,34,35,40,41)/t19-,30?/m0/s1. The van der Waals surface area contributed by atoms with Crippen LogP contribution in [0.25, 0.3) is 10.9 Å². The number of rotatable bonds is 4. The number of nitrogens with zero attached hydrogens (tertiary/aromatic N) is 2. The Morgan fingerprint density at radius 3 is 2.71 bits per heavy atom. The number of anilines is 1. The third kappa shape index (κ3) is 5.16. The number of hydrogen-bond acceptors (Lipinski definition) is 5. The highest BCUT2D eigenvalue weighted by atomic mass is 35.5. The van der Waals surface area contributed by atoms with E-state index in [0.717, 1.165) is 33.2 Å². The van der Waals surface area contributed by atoms with Gasteiger partial charge in [-0.15, -0.1) is 0 Å². The number of benzene rings is 2. The lowest BCUT2D eigenvalue weighted by molar-refractivity contribution is -0.139. The van der Waals surface area contributed by atoms with Crippen molar-refractivity contribution < 1.29 is 19.2 Å². The van der Waals surface area contributed by atoms with Crippen molar-refractivity contribution in [3.8, 4) is 0 Å². The maximum atomic E-state index is 13.8. The van der Waals surface area contributed by atoms with Crippen LogP contribution in [0.5, 0.6) is 0 Å². The Labute approximate surface area is 242 Å². The molecular weight excluding hydrogens is 544 g/mol. The van der Waals surface area contributed by atoms with Crippen molar-refractivity contribution in [1.29, 1.82) is 0 Å². The summed E-state index contributed by atoms with van der Waals surface area (Å²) in [6.45, 7) is 7.26. The zero-order valence-corrected chi connectivity index (χ0v) is 24.1. The van der Waals surface area contributed by atoms with Gasteiger partial charge in [-0.2, -0.15) is 5.10 Å². The van der Waals surface area contributed by atoms with Crippen LogP contribution in [0.4, 0.5) is 10.5 Å². The molecule has 2 aromatic carbocycles. The van der Waals surface area contributed by atoms with Gasteiger partial charge >= 0.3 is 6.03 Å². The molecule has 4 N–H and O–H groups in total. The van der Waals surface area contributed by atoms with E-state index in [1.807, 2.05) is 23.1 Å². The number of urea groups is 1. The number of amides is 5. The van der Waals surface area contributed by atoms with Gasteiger partial charge in [-0.25, -0.2) is 4.79 Å². The molecule has 3 aliphatic rings. The average Bonchev–Trinajstić information content (AvgIpc) is 3.46. The molecule has 1 aromatic heterocycles. The van der Waals surface area contributed by atoms with Crippen LogP contribution < -0.4 is 16.0 Å². The van der Waals surface area contributed by atoms with Gasteiger partial charge in [0.2, 0.25) is 11.8 Å². The number of aromatic nitrogens is 2. The van der Waals surface area contributed by atoms with Crippen molar-refractivity contribution in [2.45, 2.75) is 65.0 Å². The third-order valence-corrected chi connectivity index (χ3v) is 8.58. The van der Waals surface area contributed by atoms with E-state index in [9.17, 15) is 19.2 Å². The first-order chi connectivity index (χ1) is 19.4. The van der Waals surface area contributed by atoms with Gasteiger partial charge in [-0.3, -0.25) is 24.8 Å². The Bertz CT molecular complexity index is 1610. The Kier molecular flexibility index (Phi) is 6.56. The van der Waals surface area contributed by atoms with E-state index in [2.05, 4.69) is 46.9 Å². The second-order valence-electron chi connectivity index (χ2n) is 12.7. The van der Waals surface area contributed by atoms with E-state index in [1.165, 1.54) is 0 Å². The van der Waals surface area contributed by atoms with Crippen molar-refractivity contribution in [3.63, 3.8) is 0 Å². The van der Waals surface area contributed by atoms with E-state index in [1.54, 1.807) is 12.3 Å². The van der Waals surface area contributed by atoms with Gasteiger partial charge in [-0.1, -0.05) is 38.4 Å². The minimum atomic E-state index is -0.908. The molecule has 3 heterocycles. The van der Waals surface area contributed by atoms with Gasteiger partial charge in [0, 0.05) is 37.0 Å². The number of aromatic amines is 1. The van der Waals surface area contributed by atoms with E-state index >= 15 is 0 Å².